The Labute approximate surface area is 136 Å². The van der Waals surface area contributed by atoms with Gasteiger partial charge >= 0.3 is 5.97 Å². The van der Waals surface area contributed by atoms with Crippen molar-refractivity contribution in [2.24, 2.45) is 0 Å². The van der Waals surface area contributed by atoms with E-state index in [0.29, 0.717) is 0 Å². The van der Waals surface area contributed by atoms with Crippen LogP contribution in [-0.4, -0.2) is 37.0 Å². The first-order valence-corrected chi connectivity index (χ1v) is 7.80. The molecule has 0 heterocycles. The van der Waals surface area contributed by atoms with Gasteiger partial charge in [0.1, 0.15) is 6.54 Å². The molecule has 23 heavy (non-hydrogen) atoms. The Kier molecular flexibility index (Phi) is 8.42. The van der Waals surface area contributed by atoms with Gasteiger partial charge in [-0.3, -0.25) is 14.4 Å². The number of benzene rings is 1. The largest absolute Gasteiger partial charge is 0.454 e. The van der Waals surface area contributed by atoms with Crippen LogP contribution in [0.4, 0.5) is 0 Å². The maximum atomic E-state index is 11.7. The predicted octanol–water partition coefficient (Wildman–Crippen LogP) is 1.19. The maximum absolute atomic E-state index is 11.7. The molecule has 1 aromatic carbocycles. The van der Waals surface area contributed by atoms with Gasteiger partial charge in [-0.1, -0.05) is 44.2 Å². The van der Waals surface area contributed by atoms with Gasteiger partial charge in [0, 0.05) is 6.04 Å². The molecule has 1 rings (SSSR count). The van der Waals surface area contributed by atoms with Crippen molar-refractivity contribution in [1.29, 1.82) is 0 Å². The van der Waals surface area contributed by atoms with E-state index in [1.165, 1.54) is 0 Å². The highest BCUT2D eigenvalue weighted by Crippen LogP contribution is 1.99. The number of esters is 1. The summed E-state index contributed by atoms with van der Waals surface area (Å²) in [5.74, 6) is -1.23. The Balaban J connectivity index is 2.21. The summed E-state index contributed by atoms with van der Waals surface area (Å²) >= 11 is 0. The molecule has 0 fully saturated rings. The van der Waals surface area contributed by atoms with Crippen LogP contribution in [0.1, 0.15) is 32.3 Å². The smallest absolute Gasteiger partial charge is 0.325 e. The number of nitrogens with one attached hydrogen (secondary N) is 2. The summed E-state index contributed by atoms with van der Waals surface area (Å²) in [5.41, 5.74) is 0.864. The fourth-order valence-corrected chi connectivity index (χ4v) is 1.97. The molecule has 2 amide bonds. The van der Waals surface area contributed by atoms with Crippen LogP contribution in [0.5, 0.6) is 0 Å². The zero-order valence-electron chi connectivity index (χ0n) is 13.6. The van der Waals surface area contributed by atoms with Crippen molar-refractivity contribution in [2.45, 2.75) is 39.2 Å². The van der Waals surface area contributed by atoms with Crippen LogP contribution in [0.2, 0.25) is 0 Å². The van der Waals surface area contributed by atoms with Gasteiger partial charge < -0.3 is 15.4 Å². The zero-order chi connectivity index (χ0) is 17.1. The summed E-state index contributed by atoms with van der Waals surface area (Å²) in [4.78, 5) is 34.8. The van der Waals surface area contributed by atoms with Gasteiger partial charge in [0.05, 0.1) is 6.42 Å². The molecule has 0 aliphatic rings. The second-order valence-electron chi connectivity index (χ2n) is 5.18. The van der Waals surface area contributed by atoms with Crippen LogP contribution in [0.15, 0.2) is 30.3 Å². The van der Waals surface area contributed by atoms with Gasteiger partial charge in [-0.15, -0.1) is 0 Å². The SMILES string of the molecule is CCC(CC)NC(=O)COC(=O)CNC(=O)Cc1ccccc1. The number of hydrogen-bond acceptors (Lipinski definition) is 4. The number of carbonyl (C=O) groups is 3. The number of rotatable bonds is 9. The van der Waals surface area contributed by atoms with Crippen LogP contribution in [0, 0.1) is 0 Å². The predicted molar refractivity (Wildman–Crippen MR) is 86.6 cm³/mol. The van der Waals surface area contributed by atoms with Crippen LogP contribution < -0.4 is 10.6 Å². The lowest BCUT2D eigenvalue weighted by Crippen LogP contribution is -2.38. The Hall–Kier alpha value is -2.37. The molecule has 2 N–H and O–H groups in total. The minimum absolute atomic E-state index is 0.0896. The number of ether oxygens (including phenoxy) is 1. The summed E-state index contributed by atoms with van der Waals surface area (Å²) in [6, 6.07) is 9.31. The van der Waals surface area contributed by atoms with Crippen molar-refractivity contribution in [3.8, 4) is 0 Å². The van der Waals surface area contributed by atoms with Crippen molar-refractivity contribution in [2.75, 3.05) is 13.2 Å². The molecule has 0 unspecified atom stereocenters. The van der Waals surface area contributed by atoms with Crippen LogP contribution in [0.25, 0.3) is 0 Å². The number of carbonyl (C=O) groups excluding carboxylic acids is 3. The van der Waals surface area contributed by atoms with Crippen LogP contribution in [0.3, 0.4) is 0 Å². The average Bonchev–Trinajstić information content (AvgIpc) is 2.56. The normalized spacial score (nSPS) is 10.2. The van der Waals surface area contributed by atoms with Gasteiger partial charge in [0.15, 0.2) is 6.61 Å². The molecule has 0 atom stereocenters. The second kappa shape index (κ2) is 10.4. The van der Waals surface area contributed by atoms with Gasteiger partial charge in [0.2, 0.25) is 5.91 Å². The monoisotopic (exact) mass is 320 g/mol. The zero-order valence-corrected chi connectivity index (χ0v) is 13.6. The van der Waals surface area contributed by atoms with E-state index < -0.39 is 5.97 Å². The highest BCUT2D eigenvalue weighted by Gasteiger charge is 2.12. The molecule has 0 aliphatic heterocycles. The summed E-state index contributed by atoms with van der Waals surface area (Å²) in [5, 5.41) is 5.24. The summed E-state index contributed by atoms with van der Waals surface area (Å²) in [6.07, 6.45) is 1.85. The third-order valence-corrected chi connectivity index (χ3v) is 3.35. The fourth-order valence-electron chi connectivity index (χ4n) is 1.97. The van der Waals surface area contributed by atoms with Crippen LogP contribution in [-0.2, 0) is 25.5 Å². The molecule has 6 heteroatoms. The molecule has 0 bridgehead atoms. The molecule has 126 valence electrons. The van der Waals surface area contributed by atoms with E-state index in [1.54, 1.807) is 0 Å². The third kappa shape index (κ3) is 7.99. The van der Waals surface area contributed by atoms with E-state index in [-0.39, 0.29) is 37.4 Å². The standard InChI is InChI=1S/C17H24N2O4/c1-3-14(4-2)19-16(21)12-23-17(22)11-18-15(20)10-13-8-6-5-7-9-13/h5-9,14H,3-4,10-12H2,1-2H3,(H,18,20)(H,19,21). The highest BCUT2D eigenvalue weighted by molar-refractivity contribution is 5.85. The minimum Gasteiger partial charge on any atom is -0.454 e. The Morgan fingerprint density at radius 1 is 1.04 bits per heavy atom. The third-order valence-electron chi connectivity index (χ3n) is 3.35. The summed E-state index contributed by atoms with van der Waals surface area (Å²) in [6.45, 7) is 3.37. The topological polar surface area (TPSA) is 84.5 Å². The van der Waals surface area contributed by atoms with E-state index in [1.807, 2.05) is 44.2 Å². The minimum atomic E-state index is -0.633. The van der Waals surface area contributed by atoms with E-state index in [9.17, 15) is 14.4 Å². The van der Waals surface area contributed by atoms with Crippen molar-refractivity contribution >= 4 is 17.8 Å². The van der Waals surface area contributed by atoms with E-state index in [2.05, 4.69) is 10.6 Å². The van der Waals surface area contributed by atoms with Gasteiger partial charge in [-0.25, -0.2) is 0 Å². The molecule has 0 spiro atoms. The molecule has 0 aromatic heterocycles. The first-order chi connectivity index (χ1) is 11.0. The van der Waals surface area contributed by atoms with Crippen molar-refractivity contribution < 1.29 is 19.1 Å². The number of hydrogen-bond donors (Lipinski definition) is 2. The Bertz CT molecular complexity index is 513. The molecular formula is C17H24N2O4. The molecule has 0 saturated carbocycles. The quantitative estimate of drug-likeness (QED) is 0.670. The van der Waals surface area contributed by atoms with E-state index >= 15 is 0 Å². The maximum Gasteiger partial charge on any atom is 0.325 e. The molecular weight excluding hydrogens is 296 g/mol. The first-order valence-electron chi connectivity index (χ1n) is 7.80. The van der Waals surface area contributed by atoms with Crippen molar-refractivity contribution in [3.05, 3.63) is 35.9 Å². The average molecular weight is 320 g/mol. The van der Waals surface area contributed by atoms with E-state index in [4.69, 9.17) is 4.74 Å². The lowest BCUT2D eigenvalue weighted by molar-refractivity contribution is -0.148. The Morgan fingerprint density at radius 3 is 2.30 bits per heavy atom. The van der Waals surface area contributed by atoms with Gasteiger partial charge in [-0.05, 0) is 18.4 Å². The molecule has 0 radical (unpaired) electrons. The van der Waals surface area contributed by atoms with E-state index in [0.717, 1.165) is 18.4 Å². The lowest BCUT2D eigenvalue weighted by atomic mass is 10.1. The Morgan fingerprint density at radius 2 is 1.70 bits per heavy atom. The highest BCUT2D eigenvalue weighted by atomic mass is 16.5. The summed E-state index contributed by atoms with van der Waals surface area (Å²) in [7, 11) is 0. The summed E-state index contributed by atoms with van der Waals surface area (Å²) < 4.78 is 4.83. The van der Waals surface area contributed by atoms with Crippen LogP contribution >= 0.6 is 0 Å². The second-order valence-corrected chi connectivity index (χ2v) is 5.18. The fraction of sp³-hybridized carbons (Fsp3) is 0.471. The first kappa shape index (κ1) is 18.7. The molecule has 6 nitrogen and oxygen atoms in total. The molecule has 0 aliphatic carbocycles. The molecule has 1 aromatic rings. The van der Waals surface area contributed by atoms with Gasteiger partial charge in [-0.2, -0.15) is 0 Å². The molecule has 0 saturated heterocycles. The lowest BCUT2D eigenvalue weighted by Gasteiger charge is -2.14. The van der Waals surface area contributed by atoms with Gasteiger partial charge in [0.25, 0.3) is 5.91 Å². The van der Waals surface area contributed by atoms with Crippen molar-refractivity contribution in [1.82, 2.24) is 10.6 Å². The van der Waals surface area contributed by atoms with Crippen molar-refractivity contribution in [3.63, 3.8) is 0 Å². The number of amides is 2.